The maximum absolute atomic E-state index is 11.9. The van der Waals surface area contributed by atoms with Crippen LogP contribution in [0.4, 0.5) is 0 Å². The Kier molecular flexibility index (Phi) is 7.59. The number of hydrogen-bond donors (Lipinski definition) is 1. The largest absolute Gasteiger partial charge is 0.488 e. The number of benzene rings is 2. The van der Waals surface area contributed by atoms with Crippen LogP contribution in [-0.4, -0.2) is 49.9 Å². The van der Waals surface area contributed by atoms with Crippen molar-refractivity contribution in [1.82, 2.24) is 10.3 Å². The Morgan fingerprint density at radius 3 is 2.71 bits per heavy atom. The molecule has 1 heterocycles. The second-order valence-corrected chi connectivity index (χ2v) is 7.50. The van der Waals surface area contributed by atoms with Crippen molar-refractivity contribution in [2.24, 2.45) is 5.10 Å². The number of hydrogen-bond acceptors (Lipinski definition) is 5. The van der Waals surface area contributed by atoms with Gasteiger partial charge in [-0.25, -0.2) is 5.43 Å². The van der Waals surface area contributed by atoms with E-state index in [4.69, 9.17) is 9.47 Å². The van der Waals surface area contributed by atoms with Gasteiger partial charge in [-0.3, -0.25) is 9.69 Å². The minimum absolute atomic E-state index is 0.129. The summed E-state index contributed by atoms with van der Waals surface area (Å²) in [4.78, 5) is 14.0. The van der Waals surface area contributed by atoms with Crippen LogP contribution in [0.25, 0.3) is 0 Å². The van der Waals surface area contributed by atoms with Gasteiger partial charge in [0.1, 0.15) is 12.4 Å². The second-order valence-electron chi connectivity index (χ2n) is 6.65. The molecule has 1 aliphatic heterocycles. The third-order valence-corrected chi connectivity index (χ3v) is 4.96. The molecule has 7 heteroatoms. The van der Waals surface area contributed by atoms with E-state index in [2.05, 4.69) is 57.6 Å². The number of ether oxygens (including phenoxy) is 2. The van der Waals surface area contributed by atoms with Crippen LogP contribution in [0.2, 0.25) is 0 Å². The van der Waals surface area contributed by atoms with Crippen molar-refractivity contribution in [3.05, 3.63) is 63.6 Å². The number of rotatable bonds is 7. The van der Waals surface area contributed by atoms with Crippen LogP contribution < -0.4 is 10.2 Å². The van der Waals surface area contributed by atoms with Gasteiger partial charge in [-0.05, 0) is 52.2 Å². The summed E-state index contributed by atoms with van der Waals surface area (Å²) in [5.41, 5.74) is 5.77. The van der Waals surface area contributed by atoms with Gasteiger partial charge in [0, 0.05) is 13.1 Å². The smallest absolute Gasteiger partial charge is 0.254 e. The first-order chi connectivity index (χ1) is 13.6. The third-order valence-electron chi connectivity index (χ3n) is 4.34. The number of aryl methyl sites for hydroxylation is 1. The lowest BCUT2D eigenvalue weighted by molar-refractivity contribution is -0.123. The number of carbonyl (C=O) groups excluding carboxylic acids is 1. The van der Waals surface area contributed by atoms with E-state index in [1.807, 2.05) is 23.1 Å². The van der Waals surface area contributed by atoms with Crippen molar-refractivity contribution < 1.29 is 14.3 Å². The highest BCUT2D eigenvalue weighted by atomic mass is 79.9. The highest BCUT2D eigenvalue weighted by Gasteiger charge is 2.13. The summed E-state index contributed by atoms with van der Waals surface area (Å²) in [6, 6.07) is 13.9. The van der Waals surface area contributed by atoms with E-state index in [-0.39, 0.29) is 5.91 Å². The molecule has 0 spiro atoms. The van der Waals surface area contributed by atoms with Crippen molar-refractivity contribution in [3.63, 3.8) is 0 Å². The molecule has 1 N–H and O–H groups in total. The number of amides is 1. The maximum atomic E-state index is 11.9. The van der Waals surface area contributed by atoms with E-state index < -0.39 is 0 Å². The second kappa shape index (κ2) is 10.4. The van der Waals surface area contributed by atoms with E-state index in [0.29, 0.717) is 26.4 Å². The van der Waals surface area contributed by atoms with Gasteiger partial charge in [0.05, 0.1) is 30.4 Å². The van der Waals surface area contributed by atoms with Crippen molar-refractivity contribution in [1.29, 1.82) is 0 Å². The Hall–Kier alpha value is -2.22. The fraction of sp³-hybridized carbons (Fsp3) is 0.333. The molecule has 0 atom stereocenters. The zero-order valence-electron chi connectivity index (χ0n) is 15.9. The van der Waals surface area contributed by atoms with Gasteiger partial charge in [0.2, 0.25) is 0 Å². The third kappa shape index (κ3) is 6.44. The fourth-order valence-electron chi connectivity index (χ4n) is 2.74. The molecule has 1 fully saturated rings. The molecular weight excluding hydrogens is 422 g/mol. The Labute approximate surface area is 173 Å². The minimum atomic E-state index is -0.129. The number of morpholine rings is 1. The zero-order valence-corrected chi connectivity index (χ0v) is 17.4. The molecule has 1 saturated heterocycles. The molecule has 0 aliphatic carbocycles. The van der Waals surface area contributed by atoms with Gasteiger partial charge in [-0.1, -0.05) is 29.8 Å². The first-order valence-electron chi connectivity index (χ1n) is 9.20. The molecule has 0 bridgehead atoms. The van der Waals surface area contributed by atoms with Crippen molar-refractivity contribution >= 4 is 28.1 Å². The van der Waals surface area contributed by atoms with Crippen LogP contribution in [0.3, 0.4) is 0 Å². The zero-order chi connectivity index (χ0) is 19.8. The molecule has 0 saturated carbocycles. The van der Waals surface area contributed by atoms with E-state index in [1.54, 1.807) is 6.21 Å². The SMILES string of the molecule is Cc1ccc(COc2ccc(/C=N/NC(=O)CN3CCOCC3)cc2Br)cc1. The molecule has 1 aliphatic rings. The first-order valence-corrected chi connectivity index (χ1v) is 9.99. The van der Waals surface area contributed by atoms with Crippen molar-refractivity contribution in [2.45, 2.75) is 13.5 Å². The Balaban J connectivity index is 1.48. The molecule has 6 nitrogen and oxygen atoms in total. The number of halogens is 1. The average molecular weight is 446 g/mol. The molecule has 2 aromatic carbocycles. The molecule has 148 valence electrons. The Morgan fingerprint density at radius 1 is 1.25 bits per heavy atom. The van der Waals surface area contributed by atoms with Gasteiger partial charge < -0.3 is 9.47 Å². The normalized spacial score (nSPS) is 14.9. The molecule has 0 aromatic heterocycles. The highest BCUT2D eigenvalue weighted by molar-refractivity contribution is 9.10. The summed E-state index contributed by atoms with van der Waals surface area (Å²) >= 11 is 3.53. The lowest BCUT2D eigenvalue weighted by atomic mass is 10.2. The highest BCUT2D eigenvalue weighted by Crippen LogP contribution is 2.26. The molecule has 0 radical (unpaired) electrons. The molecule has 28 heavy (non-hydrogen) atoms. The lowest BCUT2D eigenvalue weighted by Crippen LogP contribution is -2.42. The van der Waals surface area contributed by atoms with Gasteiger partial charge in [0.25, 0.3) is 5.91 Å². The van der Waals surface area contributed by atoms with Gasteiger partial charge >= 0.3 is 0 Å². The van der Waals surface area contributed by atoms with Gasteiger partial charge in [0.15, 0.2) is 0 Å². The summed E-state index contributed by atoms with van der Waals surface area (Å²) in [5, 5.41) is 4.04. The van der Waals surface area contributed by atoms with Gasteiger partial charge in [-0.15, -0.1) is 0 Å². The van der Waals surface area contributed by atoms with E-state index in [0.717, 1.165) is 34.4 Å². The standard InChI is InChI=1S/C21H24BrN3O3/c1-16-2-4-17(5-3-16)15-28-20-7-6-18(12-19(20)22)13-23-24-21(26)14-25-8-10-27-11-9-25/h2-7,12-13H,8-11,14-15H2,1H3,(H,24,26)/b23-13+. The summed E-state index contributed by atoms with van der Waals surface area (Å²) in [6.45, 7) is 5.78. The summed E-state index contributed by atoms with van der Waals surface area (Å²) in [6.07, 6.45) is 1.62. The molecular formula is C21H24BrN3O3. The Morgan fingerprint density at radius 2 is 2.00 bits per heavy atom. The summed E-state index contributed by atoms with van der Waals surface area (Å²) in [5.74, 6) is 0.629. The topological polar surface area (TPSA) is 63.2 Å². The van der Waals surface area contributed by atoms with Crippen LogP contribution in [0.15, 0.2) is 52.0 Å². The molecule has 3 rings (SSSR count). The van der Waals surface area contributed by atoms with Crippen LogP contribution in [0.1, 0.15) is 16.7 Å². The van der Waals surface area contributed by atoms with Crippen LogP contribution in [0, 0.1) is 6.92 Å². The number of hydrazone groups is 1. The first kappa shape index (κ1) is 20.5. The summed E-state index contributed by atoms with van der Waals surface area (Å²) < 4.78 is 12.0. The fourth-order valence-corrected chi connectivity index (χ4v) is 3.25. The monoisotopic (exact) mass is 445 g/mol. The minimum Gasteiger partial charge on any atom is -0.488 e. The maximum Gasteiger partial charge on any atom is 0.254 e. The van der Waals surface area contributed by atoms with E-state index in [9.17, 15) is 4.79 Å². The van der Waals surface area contributed by atoms with Gasteiger partial charge in [-0.2, -0.15) is 5.10 Å². The molecule has 1 amide bonds. The predicted molar refractivity (Wildman–Crippen MR) is 113 cm³/mol. The van der Waals surface area contributed by atoms with Crippen molar-refractivity contribution in [2.75, 3.05) is 32.8 Å². The summed E-state index contributed by atoms with van der Waals surface area (Å²) in [7, 11) is 0. The van der Waals surface area contributed by atoms with Crippen LogP contribution in [-0.2, 0) is 16.1 Å². The number of nitrogens with one attached hydrogen (secondary N) is 1. The number of carbonyl (C=O) groups is 1. The Bertz CT molecular complexity index is 818. The quantitative estimate of drug-likeness (QED) is 0.525. The average Bonchev–Trinajstić information content (AvgIpc) is 2.69. The molecule has 0 unspecified atom stereocenters. The van der Waals surface area contributed by atoms with Crippen LogP contribution in [0.5, 0.6) is 5.75 Å². The van der Waals surface area contributed by atoms with Crippen LogP contribution >= 0.6 is 15.9 Å². The molecule has 2 aromatic rings. The number of nitrogens with zero attached hydrogens (tertiary/aromatic N) is 2. The van der Waals surface area contributed by atoms with Crippen molar-refractivity contribution in [3.8, 4) is 5.75 Å². The predicted octanol–water partition coefficient (Wildman–Crippen LogP) is 3.12. The van der Waals surface area contributed by atoms with E-state index in [1.165, 1.54) is 5.56 Å². The lowest BCUT2D eigenvalue weighted by Gasteiger charge is -2.25. The van der Waals surface area contributed by atoms with E-state index >= 15 is 0 Å².